The Balaban J connectivity index is 2.42. The fourth-order valence-corrected chi connectivity index (χ4v) is 2.46. The zero-order valence-electron chi connectivity index (χ0n) is 7.00. The van der Waals surface area contributed by atoms with Crippen molar-refractivity contribution in [3.63, 3.8) is 0 Å². The van der Waals surface area contributed by atoms with E-state index in [0.717, 1.165) is 6.54 Å². The van der Waals surface area contributed by atoms with E-state index in [4.69, 9.17) is 0 Å². The van der Waals surface area contributed by atoms with Crippen LogP contribution < -0.4 is 5.32 Å². The first-order valence-corrected chi connectivity index (χ1v) is 5.81. The van der Waals surface area contributed by atoms with Gasteiger partial charge in [-0.15, -0.1) is 0 Å². The lowest BCUT2D eigenvalue weighted by atomic mass is 9.96. The Hall–Kier alpha value is -0.0900. The number of hydrogen-bond acceptors (Lipinski definition) is 3. The van der Waals surface area contributed by atoms with Gasteiger partial charge < -0.3 is 5.32 Å². The molecule has 11 heavy (non-hydrogen) atoms. The van der Waals surface area contributed by atoms with Gasteiger partial charge in [-0.05, 0) is 6.92 Å². The quantitative estimate of drug-likeness (QED) is 0.661. The molecule has 1 fully saturated rings. The molecule has 0 spiro atoms. The summed E-state index contributed by atoms with van der Waals surface area (Å²) in [6.07, 6.45) is 0. The van der Waals surface area contributed by atoms with Gasteiger partial charge in [-0.1, -0.05) is 6.92 Å². The fourth-order valence-electron chi connectivity index (χ4n) is 1.17. The Morgan fingerprint density at radius 1 is 1.55 bits per heavy atom. The number of nitrogens with one attached hydrogen (secondary N) is 1. The molecule has 0 amide bonds. The van der Waals surface area contributed by atoms with E-state index < -0.39 is 9.84 Å². The van der Waals surface area contributed by atoms with Crippen LogP contribution in [-0.2, 0) is 9.84 Å². The number of hydrogen-bond donors (Lipinski definition) is 1. The van der Waals surface area contributed by atoms with Gasteiger partial charge in [0.15, 0.2) is 0 Å². The van der Waals surface area contributed by atoms with E-state index in [1.54, 1.807) is 6.92 Å². The van der Waals surface area contributed by atoms with Crippen LogP contribution in [-0.4, -0.2) is 32.5 Å². The predicted octanol–water partition coefficient (Wildman–Crippen LogP) is 0.0290. The van der Waals surface area contributed by atoms with Gasteiger partial charge in [0.05, 0.1) is 5.75 Å². The standard InChI is InChI=1S/C7H15NO2S/c1-3-11(9,10)5-7-4-8-6(7)2/h6-8H,3-5H2,1-2H3/t6-,7-/m1/s1. The molecule has 2 atom stereocenters. The van der Waals surface area contributed by atoms with Crippen molar-refractivity contribution in [1.82, 2.24) is 5.32 Å². The van der Waals surface area contributed by atoms with Crippen LogP contribution in [0.25, 0.3) is 0 Å². The Morgan fingerprint density at radius 2 is 2.18 bits per heavy atom. The van der Waals surface area contributed by atoms with Crippen LogP contribution in [0.4, 0.5) is 0 Å². The molecule has 66 valence electrons. The molecule has 1 saturated heterocycles. The van der Waals surface area contributed by atoms with Crippen molar-refractivity contribution in [3.8, 4) is 0 Å². The Morgan fingerprint density at radius 3 is 2.45 bits per heavy atom. The van der Waals surface area contributed by atoms with Gasteiger partial charge in [-0.2, -0.15) is 0 Å². The smallest absolute Gasteiger partial charge is 0.150 e. The number of sulfone groups is 1. The second-order valence-corrected chi connectivity index (χ2v) is 5.55. The zero-order valence-corrected chi connectivity index (χ0v) is 7.82. The van der Waals surface area contributed by atoms with Gasteiger partial charge in [0.2, 0.25) is 0 Å². The van der Waals surface area contributed by atoms with Crippen molar-refractivity contribution < 1.29 is 8.42 Å². The largest absolute Gasteiger partial charge is 0.314 e. The van der Waals surface area contributed by atoms with E-state index >= 15 is 0 Å². The molecule has 0 radical (unpaired) electrons. The van der Waals surface area contributed by atoms with Gasteiger partial charge in [0.1, 0.15) is 9.84 Å². The van der Waals surface area contributed by atoms with Gasteiger partial charge in [0, 0.05) is 24.3 Å². The summed E-state index contributed by atoms with van der Waals surface area (Å²) in [4.78, 5) is 0. The highest BCUT2D eigenvalue weighted by Gasteiger charge is 2.29. The maximum Gasteiger partial charge on any atom is 0.150 e. The van der Waals surface area contributed by atoms with Crippen molar-refractivity contribution in [2.24, 2.45) is 5.92 Å². The lowest BCUT2D eigenvalue weighted by Crippen LogP contribution is -2.53. The van der Waals surface area contributed by atoms with Gasteiger partial charge in [0.25, 0.3) is 0 Å². The highest BCUT2D eigenvalue weighted by atomic mass is 32.2. The van der Waals surface area contributed by atoms with Crippen molar-refractivity contribution in [2.75, 3.05) is 18.1 Å². The van der Waals surface area contributed by atoms with Crippen molar-refractivity contribution in [2.45, 2.75) is 19.9 Å². The van der Waals surface area contributed by atoms with E-state index in [9.17, 15) is 8.42 Å². The predicted molar refractivity (Wildman–Crippen MR) is 45.3 cm³/mol. The van der Waals surface area contributed by atoms with Gasteiger partial charge in [-0.3, -0.25) is 0 Å². The molecule has 0 aromatic heterocycles. The lowest BCUT2D eigenvalue weighted by molar-refractivity contribution is 0.276. The molecule has 0 aromatic carbocycles. The summed E-state index contributed by atoms with van der Waals surface area (Å²) in [5.41, 5.74) is 0. The van der Waals surface area contributed by atoms with E-state index in [-0.39, 0.29) is 5.75 Å². The van der Waals surface area contributed by atoms with Gasteiger partial charge in [-0.25, -0.2) is 8.42 Å². The summed E-state index contributed by atoms with van der Waals surface area (Å²) in [6, 6.07) is 0.385. The second kappa shape index (κ2) is 3.11. The maximum absolute atomic E-state index is 11.1. The van der Waals surface area contributed by atoms with E-state index in [1.165, 1.54) is 0 Å². The molecule has 1 aliphatic heterocycles. The zero-order chi connectivity index (χ0) is 8.48. The molecular weight excluding hydrogens is 162 g/mol. The third kappa shape index (κ3) is 2.17. The van der Waals surface area contributed by atoms with Crippen molar-refractivity contribution >= 4 is 9.84 Å². The van der Waals surface area contributed by atoms with E-state index in [2.05, 4.69) is 5.32 Å². The SMILES string of the molecule is CCS(=O)(=O)C[C@H]1CN[C@@H]1C. The second-order valence-electron chi connectivity index (χ2n) is 3.16. The van der Waals surface area contributed by atoms with Crippen LogP contribution in [0.3, 0.4) is 0 Å². The first kappa shape index (κ1) is 9.00. The highest BCUT2D eigenvalue weighted by Crippen LogP contribution is 2.14. The Labute approximate surface area is 68.1 Å². The molecule has 0 bridgehead atoms. The average molecular weight is 177 g/mol. The van der Waals surface area contributed by atoms with Crippen LogP contribution >= 0.6 is 0 Å². The van der Waals surface area contributed by atoms with Crippen molar-refractivity contribution in [1.29, 1.82) is 0 Å². The summed E-state index contributed by atoms with van der Waals surface area (Å²) in [7, 11) is -2.75. The first-order chi connectivity index (χ1) is 5.05. The molecule has 4 heteroatoms. The number of rotatable bonds is 3. The van der Waals surface area contributed by atoms with Crippen LogP contribution in [0.1, 0.15) is 13.8 Å². The molecule has 1 rings (SSSR count). The third-order valence-electron chi connectivity index (χ3n) is 2.32. The minimum absolute atomic E-state index is 0.274. The Kier molecular flexibility index (Phi) is 2.54. The summed E-state index contributed by atoms with van der Waals surface area (Å²) < 4.78 is 22.2. The van der Waals surface area contributed by atoms with Gasteiger partial charge >= 0.3 is 0 Å². The molecule has 1 heterocycles. The maximum atomic E-state index is 11.1. The molecule has 1 N–H and O–H groups in total. The van der Waals surface area contributed by atoms with Crippen LogP contribution in [0.5, 0.6) is 0 Å². The summed E-state index contributed by atoms with van der Waals surface area (Å²) in [5, 5.41) is 3.14. The van der Waals surface area contributed by atoms with Crippen LogP contribution in [0, 0.1) is 5.92 Å². The Bertz CT molecular complexity index is 223. The average Bonchev–Trinajstić information content (AvgIpc) is 1.98. The lowest BCUT2D eigenvalue weighted by Gasteiger charge is -2.35. The normalized spacial score (nSPS) is 31.5. The van der Waals surface area contributed by atoms with Crippen molar-refractivity contribution in [3.05, 3.63) is 0 Å². The topological polar surface area (TPSA) is 46.2 Å². The molecule has 0 aromatic rings. The summed E-state index contributed by atoms with van der Waals surface area (Å²) >= 11 is 0. The van der Waals surface area contributed by atoms with E-state index in [1.807, 2.05) is 6.92 Å². The summed E-state index contributed by atoms with van der Waals surface area (Å²) in [6.45, 7) is 4.59. The van der Waals surface area contributed by atoms with Crippen LogP contribution in [0.2, 0.25) is 0 Å². The molecule has 3 nitrogen and oxygen atoms in total. The highest BCUT2D eigenvalue weighted by molar-refractivity contribution is 7.91. The molecule has 0 unspecified atom stereocenters. The molecule has 1 aliphatic rings. The minimum atomic E-state index is -2.75. The first-order valence-electron chi connectivity index (χ1n) is 3.99. The third-order valence-corrected chi connectivity index (χ3v) is 4.13. The minimum Gasteiger partial charge on any atom is -0.314 e. The summed E-state index contributed by atoms with van der Waals surface area (Å²) in [5.74, 6) is 0.980. The van der Waals surface area contributed by atoms with E-state index in [0.29, 0.717) is 17.7 Å². The van der Waals surface area contributed by atoms with Crippen LogP contribution in [0.15, 0.2) is 0 Å². The molecule has 0 saturated carbocycles. The monoisotopic (exact) mass is 177 g/mol. The molecule has 0 aliphatic carbocycles. The molecular formula is C7H15NO2S. The fraction of sp³-hybridized carbons (Fsp3) is 1.00.